The lowest BCUT2D eigenvalue weighted by molar-refractivity contribution is 0.0726. The van der Waals surface area contributed by atoms with Crippen LogP contribution in [0.15, 0.2) is 67.3 Å². The van der Waals surface area contributed by atoms with Gasteiger partial charge in [0.05, 0.1) is 24.3 Å². The summed E-state index contributed by atoms with van der Waals surface area (Å²) in [5, 5.41) is 4.33. The fourth-order valence-corrected chi connectivity index (χ4v) is 2.98. The van der Waals surface area contributed by atoms with Gasteiger partial charge in [0.2, 0.25) is 0 Å². The molecule has 0 fully saturated rings. The van der Waals surface area contributed by atoms with Crippen LogP contribution in [-0.2, 0) is 6.54 Å². The molecule has 0 aliphatic carbocycles. The second kappa shape index (κ2) is 7.75. The summed E-state index contributed by atoms with van der Waals surface area (Å²) in [5.74, 6) is -0.0324. The molecule has 1 unspecified atom stereocenters. The molecule has 25 heavy (non-hydrogen) atoms. The van der Waals surface area contributed by atoms with E-state index in [2.05, 4.69) is 17.0 Å². The zero-order valence-corrected chi connectivity index (χ0v) is 14.5. The maximum absolute atomic E-state index is 12.8. The molecular weight excluding hydrogens is 312 g/mol. The van der Waals surface area contributed by atoms with E-state index in [1.807, 2.05) is 61.9 Å². The molecule has 5 nitrogen and oxygen atoms in total. The molecule has 0 N–H and O–H groups in total. The third-order valence-electron chi connectivity index (χ3n) is 4.31. The minimum atomic E-state index is -0.0324. The number of carbonyl (C=O) groups is 1. The minimum Gasteiger partial charge on any atom is -0.335 e. The Morgan fingerprint density at radius 2 is 1.96 bits per heavy atom. The standard InChI is InChI=1S/C20H22N4O/c1-3-19(17-10-7-11-21-12-17)23(2)20(25)18-13-22-24(15-18)14-16-8-5-4-6-9-16/h4-13,15,19H,3,14H2,1-2H3. The van der Waals surface area contributed by atoms with Crippen molar-refractivity contribution in [2.24, 2.45) is 0 Å². The highest BCUT2D eigenvalue weighted by Gasteiger charge is 2.22. The fraction of sp³-hybridized carbons (Fsp3) is 0.250. The van der Waals surface area contributed by atoms with Crippen LogP contribution in [0, 0.1) is 0 Å². The van der Waals surface area contributed by atoms with Crippen LogP contribution in [0.3, 0.4) is 0 Å². The fourth-order valence-electron chi connectivity index (χ4n) is 2.98. The summed E-state index contributed by atoms with van der Waals surface area (Å²) < 4.78 is 1.79. The van der Waals surface area contributed by atoms with Crippen molar-refractivity contribution in [2.75, 3.05) is 7.05 Å². The van der Waals surface area contributed by atoms with E-state index in [0.29, 0.717) is 12.1 Å². The van der Waals surface area contributed by atoms with Gasteiger partial charge in [0.1, 0.15) is 0 Å². The van der Waals surface area contributed by atoms with Gasteiger partial charge in [0.15, 0.2) is 0 Å². The molecule has 0 spiro atoms. The Balaban J connectivity index is 1.74. The van der Waals surface area contributed by atoms with E-state index < -0.39 is 0 Å². The zero-order valence-electron chi connectivity index (χ0n) is 14.5. The van der Waals surface area contributed by atoms with Crippen LogP contribution >= 0.6 is 0 Å². The summed E-state index contributed by atoms with van der Waals surface area (Å²) in [5.41, 5.74) is 2.79. The number of amides is 1. The number of hydrogen-bond donors (Lipinski definition) is 0. The summed E-state index contributed by atoms with van der Waals surface area (Å²) >= 11 is 0. The molecule has 0 bridgehead atoms. The van der Waals surface area contributed by atoms with Gasteiger partial charge in [-0.05, 0) is 23.6 Å². The Kier molecular flexibility index (Phi) is 5.23. The molecule has 3 rings (SSSR count). The summed E-state index contributed by atoms with van der Waals surface area (Å²) in [4.78, 5) is 18.8. The van der Waals surface area contributed by atoms with Crippen molar-refractivity contribution in [2.45, 2.75) is 25.9 Å². The van der Waals surface area contributed by atoms with Gasteiger partial charge < -0.3 is 4.90 Å². The van der Waals surface area contributed by atoms with E-state index in [-0.39, 0.29) is 11.9 Å². The van der Waals surface area contributed by atoms with Crippen molar-refractivity contribution >= 4 is 5.91 Å². The van der Waals surface area contributed by atoms with Crippen LogP contribution in [0.25, 0.3) is 0 Å². The molecule has 0 saturated heterocycles. The number of aromatic nitrogens is 3. The van der Waals surface area contributed by atoms with Crippen molar-refractivity contribution in [1.82, 2.24) is 19.7 Å². The molecule has 1 atom stereocenters. The number of nitrogens with zero attached hydrogens (tertiary/aromatic N) is 4. The Bertz CT molecular complexity index is 814. The normalized spacial score (nSPS) is 11.9. The van der Waals surface area contributed by atoms with E-state index in [1.165, 1.54) is 0 Å². The second-order valence-corrected chi connectivity index (χ2v) is 6.04. The van der Waals surface area contributed by atoms with E-state index in [0.717, 1.165) is 17.5 Å². The molecule has 0 saturated carbocycles. The van der Waals surface area contributed by atoms with Crippen molar-refractivity contribution in [3.63, 3.8) is 0 Å². The van der Waals surface area contributed by atoms with Crippen molar-refractivity contribution in [1.29, 1.82) is 0 Å². The summed E-state index contributed by atoms with van der Waals surface area (Å²) in [7, 11) is 1.83. The summed E-state index contributed by atoms with van der Waals surface area (Å²) in [6.07, 6.45) is 7.83. The van der Waals surface area contributed by atoms with E-state index >= 15 is 0 Å². The summed E-state index contributed by atoms with van der Waals surface area (Å²) in [6.45, 7) is 2.72. The molecule has 1 amide bonds. The maximum atomic E-state index is 12.8. The molecule has 1 aromatic carbocycles. The van der Waals surface area contributed by atoms with Gasteiger partial charge in [-0.2, -0.15) is 5.10 Å². The molecule has 0 radical (unpaired) electrons. The molecular formula is C20H22N4O. The van der Waals surface area contributed by atoms with Crippen molar-refractivity contribution in [3.05, 3.63) is 83.9 Å². The van der Waals surface area contributed by atoms with E-state index in [9.17, 15) is 4.79 Å². The van der Waals surface area contributed by atoms with Crippen LogP contribution in [0.2, 0.25) is 0 Å². The van der Waals surface area contributed by atoms with Gasteiger partial charge in [0, 0.05) is 25.6 Å². The smallest absolute Gasteiger partial charge is 0.257 e. The summed E-state index contributed by atoms with van der Waals surface area (Å²) in [6, 6.07) is 14.0. The van der Waals surface area contributed by atoms with Crippen molar-refractivity contribution < 1.29 is 4.79 Å². The van der Waals surface area contributed by atoms with Gasteiger partial charge in [0.25, 0.3) is 5.91 Å². The van der Waals surface area contributed by atoms with Crippen LogP contribution in [-0.4, -0.2) is 32.6 Å². The first kappa shape index (κ1) is 16.9. The highest BCUT2D eigenvalue weighted by atomic mass is 16.2. The van der Waals surface area contributed by atoms with Gasteiger partial charge in [-0.1, -0.05) is 43.3 Å². The van der Waals surface area contributed by atoms with E-state index in [4.69, 9.17) is 0 Å². The first-order chi connectivity index (χ1) is 12.2. The lowest BCUT2D eigenvalue weighted by atomic mass is 10.0. The third kappa shape index (κ3) is 3.94. The lowest BCUT2D eigenvalue weighted by Crippen LogP contribution is -2.30. The highest BCUT2D eigenvalue weighted by Crippen LogP contribution is 2.23. The first-order valence-electron chi connectivity index (χ1n) is 8.42. The van der Waals surface area contributed by atoms with Crippen molar-refractivity contribution in [3.8, 4) is 0 Å². The largest absolute Gasteiger partial charge is 0.335 e. The molecule has 2 heterocycles. The molecule has 5 heteroatoms. The third-order valence-corrected chi connectivity index (χ3v) is 4.31. The van der Waals surface area contributed by atoms with Crippen LogP contribution < -0.4 is 0 Å². The average Bonchev–Trinajstić information content (AvgIpc) is 3.12. The molecule has 128 valence electrons. The van der Waals surface area contributed by atoms with E-state index in [1.54, 1.807) is 22.0 Å². The van der Waals surface area contributed by atoms with Crippen LogP contribution in [0.5, 0.6) is 0 Å². The van der Waals surface area contributed by atoms with Crippen LogP contribution in [0.4, 0.5) is 0 Å². The van der Waals surface area contributed by atoms with Gasteiger partial charge >= 0.3 is 0 Å². The number of benzene rings is 1. The number of carbonyl (C=O) groups excluding carboxylic acids is 1. The highest BCUT2D eigenvalue weighted by molar-refractivity contribution is 5.93. The molecule has 3 aromatic rings. The monoisotopic (exact) mass is 334 g/mol. The predicted octanol–water partition coefficient (Wildman–Crippen LogP) is 3.55. The van der Waals surface area contributed by atoms with Gasteiger partial charge in [-0.3, -0.25) is 14.5 Å². The first-order valence-corrected chi connectivity index (χ1v) is 8.42. The second-order valence-electron chi connectivity index (χ2n) is 6.04. The number of rotatable bonds is 6. The topological polar surface area (TPSA) is 51.0 Å². The molecule has 0 aliphatic rings. The average molecular weight is 334 g/mol. The predicted molar refractivity (Wildman–Crippen MR) is 97.1 cm³/mol. The SMILES string of the molecule is CCC(c1cccnc1)N(C)C(=O)c1cnn(Cc2ccccc2)c1. The minimum absolute atomic E-state index is 0.00123. The quantitative estimate of drug-likeness (QED) is 0.693. The molecule has 2 aromatic heterocycles. The van der Waals surface area contributed by atoms with Gasteiger partial charge in [-0.25, -0.2) is 0 Å². The maximum Gasteiger partial charge on any atom is 0.257 e. The Morgan fingerprint density at radius 1 is 1.16 bits per heavy atom. The van der Waals surface area contributed by atoms with Gasteiger partial charge in [-0.15, -0.1) is 0 Å². The Morgan fingerprint density at radius 3 is 2.64 bits per heavy atom. The Hall–Kier alpha value is -2.95. The Labute approximate surface area is 147 Å². The van der Waals surface area contributed by atoms with Crippen LogP contribution in [0.1, 0.15) is 40.9 Å². The zero-order chi connectivity index (χ0) is 17.6. The lowest BCUT2D eigenvalue weighted by Gasteiger charge is -2.27. The number of hydrogen-bond acceptors (Lipinski definition) is 3. The molecule has 0 aliphatic heterocycles. The number of pyridine rings is 1.